The van der Waals surface area contributed by atoms with Crippen LogP contribution < -0.4 is 5.32 Å². The third-order valence-electron chi connectivity index (χ3n) is 2.74. The van der Waals surface area contributed by atoms with E-state index in [2.05, 4.69) is 15.3 Å². The lowest BCUT2D eigenvalue weighted by molar-refractivity contribution is 1.15. The van der Waals surface area contributed by atoms with Crippen molar-refractivity contribution in [3.8, 4) is 10.7 Å². The molecule has 1 N–H and O–H groups in total. The van der Waals surface area contributed by atoms with Gasteiger partial charge in [-0.15, -0.1) is 11.3 Å². The maximum atomic E-state index is 6.05. The number of fused-ring (bicyclic) bond motifs is 1. The Bertz CT molecular complexity index is 710. The summed E-state index contributed by atoms with van der Waals surface area (Å²) < 4.78 is 0. The summed E-state index contributed by atoms with van der Waals surface area (Å²) in [6, 6.07) is 9.70. The van der Waals surface area contributed by atoms with Gasteiger partial charge in [0.2, 0.25) is 0 Å². The van der Waals surface area contributed by atoms with Crippen molar-refractivity contribution in [1.82, 2.24) is 9.97 Å². The molecule has 5 heteroatoms. The molecule has 0 saturated heterocycles. The van der Waals surface area contributed by atoms with E-state index in [1.54, 1.807) is 11.3 Å². The van der Waals surface area contributed by atoms with E-state index in [4.69, 9.17) is 11.6 Å². The lowest BCUT2D eigenvalue weighted by Crippen LogP contribution is -2.02. The molecule has 1 aromatic carbocycles. The second-order valence-electron chi connectivity index (χ2n) is 4.06. The van der Waals surface area contributed by atoms with E-state index >= 15 is 0 Å². The van der Waals surface area contributed by atoms with Crippen LogP contribution in [-0.4, -0.2) is 16.5 Å². The highest BCUT2D eigenvalue weighted by Crippen LogP contribution is 2.28. The Morgan fingerprint density at radius 2 is 2.16 bits per heavy atom. The van der Waals surface area contributed by atoms with Crippen LogP contribution in [0.2, 0.25) is 5.02 Å². The number of hydrogen-bond acceptors (Lipinski definition) is 4. The molecule has 3 rings (SSSR count). The molecule has 0 amide bonds. The molecular formula is C14H12ClN3S. The molecule has 96 valence electrons. The van der Waals surface area contributed by atoms with Crippen molar-refractivity contribution in [3.63, 3.8) is 0 Å². The van der Waals surface area contributed by atoms with Gasteiger partial charge in [-0.2, -0.15) is 0 Å². The number of rotatable bonds is 3. The fourth-order valence-electron chi connectivity index (χ4n) is 1.92. The van der Waals surface area contributed by atoms with Crippen molar-refractivity contribution in [2.45, 2.75) is 6.92 Å². The number of anilines is 1. The molecule has 0 aliphatic rings. The molecule has 0 aliphatic carbocycles. The van der Waals surface area contributed by atoms with Crippen molar-refractivity contribution in [2.24, 2.45) is 0 Å². The van der Waals surface area contributed by atoms with Crippen LogP contribution in [0.4, 0.5) is 5.82 Å². The maximum absolute atomic E-state index is 6.05. The minimum atomic E-state index is 0.694. The number of nitrogens with one attached hydrogen (secondary N) is 1. The van der Waals surface area contributed by atoms with Crippen LogP contribution in [0, 0.1) is 0 Å². The molecule has 3 aromatic rings. The minimum Gasteiger partial charge on any atom is -0.370 e. The maximum Gasteiger partial charge on any atom is 0.172 e. The number of benzene rings is 1. The van der Waals surface area contributed by atoms with E-state index in [0.717, 1.165) is 34.0 Å². The van der Waals surface area contributed by atoms with Gasteiger partial charge in [0.25, 0.3) is 0 Å². The molecule has 0 aliphatic heterocycles. The third kappa shape index (κ3) is 2.41. The van der Waals surface area contributed by atoms with Gasteiger partial charge in [0, 0.05) is 17.0 Å². The number of aromatic nitrogens is 2. The van der Waals surface area contributed by atoms with Crippen LogP contribution in [0.15, 0.2) is 35.7 Å². The second kappa shape index (κ2) is 5.15. The van der Waals surface area contributed by atoms with Crippen molar-refractivity contribution >= 4 is 39.7 Å². The van der Waals surface area contributed by atoms with Crippen molar-refractivity contribution < 1.29 is 0 Å². The molecule has 0 atom stereocenters. The fraction of sp³-hybridized carbons (Fsp3) is 0.143. The summed E-state index contributed by atoms with van der Waals surface area (Å²) in [6.45, 7) is 2.85. The molecule has 19 heavy (non-hydrogen) atoms. The first-order valence-corrected chi connectivity index (χ1v) is 7.28. The van der Waals surface area contributed by atoms with E-state index in [1.165, 1.54) is 0 Å². The fourth-order valence-corrected chi connectivity index (χ4v) is 2.75. The van der Waals surface area contributed by atoms with Crippen molar-refractivity contribution in [1.29, 1.82) is 0 Å². The molecule has 0 radical (unpaired) electrons. The van der Waals surface area contributed by atoms with Crippen LogP contribution in [0.1, 0.15) is 6.92 Å². The first-order valence-electron chi connectivity index (χ1n) is 6.03. The summed E-state index contributed by atoms with van der Waals surface area (Å²) in [5.74, 6) is 1.58. The van der Waals surface area contributed by atoms with Crippen LogP contribution in [-0.2, 0) is 0 Å². The first-order chi connectivity index (χ1) is 9.28. The lowest BCUT2D eigenvalue weighted by atomic mass is 10.2. The normalized spacial score (nSPS) is 10.8. The third-order valence-corrected chi connectivity index (χ3v) is 3.84. The Labute approximate surface area is 120 Å². The quantitative estimate of drug-likeness (QED) is 0.774. The molecular weight excluding hydrogens is 278 g/mol. The molecule has 0 fully saturated rings. The van der Waals surface area contributed by atoms with Gasteiger partial charge in [-0.05, 0) is 36.6 Å². The average molecular weight is 290 g/mol. The first kappa shape index (κ1) is 12.4. The molecule has 2 aromatic heterocycles. The van der Waals surface area contributed by atoms with Crippen molar-refractivity contribution in [3.05, 3.63) is 40.7 Å². The second-order valence-corrected chi connectivity index (χ2v) is 5.45. The van der Waals surface area contributed by atoms with Gasteiger partial charge in [-0.25, -0.2) is 9.97 Å². The largest absolute Gasteiger partial charge is 0.370 e. The molecule has 0 saturated carbocycles. The average Bonchev–Trinajstić information content (AvgIpc) is 2.93. The zero-order chi connectivity index (χ0) is 13.2. The number of halogens is 1. The van der Waals surface area contributed by atoms with E-state index < -0.39 is 0 Å². The van der Waals surface area contributed by atoms with Gasteiger partial charge in [-0.3, -0.25) is 0 Å². The Balaban J connectivity index is 2.24. The Hall–Kier alpha value is -1.65. The summed E-state index contributed by atoms with van der Waals surface area (Å²) >= 11 is 7.68. The van der Waals surface area contributed by atoms with Gasteiger partial charge in [0.1, 0.15) is 5.82 Å². The highest BCUT2D eigenvalue weighted by Gasteiger charge is 2.10. The van der Waals surface area contributed by atoms with Crippen molar-refractivity contribution in [2.75, 3.05) is 11.9 Å². The van der Waals surface area contributed by atoms with E-state index in [0.29, 0.717) is 5.02 Å². The molecule has 2 heterocycles. The Morgan fingerprint density at radius 1 is 1.26 bits per heavy atom. The minimum absolute atomic E-state index is 0.694. The van der Waals surface area contributed by atoms with Gasteiger partial charge >= 0.3 is 0 Å². The monoisotopic (exact) mass is 289 g/mol. The summed E-state index contributed by atoms with van der Waals surface area (Å²) in [5.41, 5.74) is 0.902. The summed E-state index contributed by atoms with van der Waals surface area (Å²) in [4.78, 5) is 10.3. The molecule has 0 unspecified atom stereocenters. The van der Waals surface area contributed by atoms with E-state index in [9.17, 15) is 0 Å². The summed E-state index contributed by atoms with van der Waals surface area (Å²) in [6.07, 6.45) is 0. The van der Waals surface area contributed by atoms with Crippen LogP contribution in [0.25, 0.3) is 21.6 Å². The van der Waals surface area contributed by atoms with Crippen LogP contribution in [0.5, 0.6) is 0 Å². The Kier molecular flexibility index (Phi) is 3.36. The SMILES string of the molecule is CCNc1nc(-c2cccs2)nc2ccc(Cl)cc12. The van der Waals surface area contributed by atoms with E-state index in [-0.39, 0.29) is 0 Å². The molecule has 0 bridgehead atoms. The number of nitrogens with zero attached hydrogens (tertiary/aromatic N) is 2. The van der Waals surface area contributed by atoms with Gasteiger partial charge in [0.15, 0.2) is 5.82 Å². The van der Waals surface area contributed by atoms with Gasteiger partial charge in [-0.1, -0.05) is 17.7 Å². The lowest BCUT2D eigenvalue weighted by Gasteiger charge is -2.09. The Morgan fingerprint density at radius 3 is 2.89 bits per heavy atom. The van der Waals surface area contributed by atoms with Gasteiger partial charge < -0.3 is 5.32 Å². The summed E-state index contributed by atoms with van der Waals surface area (Å²) in [5, 5.41) is 6.95. The highest BCUT2D eigenvalue weighted by molar-refractivity contribution is 7.13. The smallest absolute Gasteiger partial charge is 0.172 e. The topological polar surface area (TPSA) is 37.8 Å². The predicted octanol–water partition coefficient (Wildman–Crippen LogP) is 4.44. The zero-order valence-electron chi connectivity index (χ0n) is 10.4. The standard InChI is InChI=1S/C14H12ClN3S/c1-2-16-13-10-8-9(15)5-6-11(10)17-14(18-13)12-4-3-7-19-12/h3-8H,2H2,1H3,(H,16,17,18). The molecule has 3 nitrogen and oxygen atoms in total. The number of hydrogen-bond donors (Lipinski definition) is 1. The van der Waals surface area contributed by atoms with Gasteiger partial charge in [0.05, 0.1) is 10.4 Å². The zero-order valence-corrected chi connectivity index (χ0v) is 11.9. The van der Waals surface area contributed by atoms with Crippen LogP contribution >= 0.6 is 22.9 Å². The van der Waals surface area contributed by atoms with Crippen LogP contribution in [0.3, 0.4) is 0 Å². The predicted molar refractivity (Wildman–Crippen MR) is 82.0 cm³/mol. The highest BCUT2D eigenvalue weighted by atomic mass is 35.5. The number of thiophene rings is 1. The molecule has 0 spiro atoms. The summed E-state index contributed by atoms with van der Waals surface area (Å²) in [7, 11) is 0. The van der Waals surface area contributed by atoms with E-state index in [1.807, 2.05) is 42.6 Å².